The van der Waals surface area contributed by atoms with E-state index in [1.54, 1.807) is 6.92 Å². The van der Waals surface area contributed by atoms with E-state index in [4.69, 9.17) is 5.11 Å². The van der Waals surface area contributed by atoms with Crippen LogP contribution in [0.4, 0.5) is 0 Å². The molecule has 0 fully saturated rings. The predicted molar refractivity (Wildman–Crippen MR) is 78.4 cm³/mol. The fourth-order valence-electron chi connectivity index (χ4n) is 1.51. The summed E-state index contributed by atoms with van der Waals surface area (Å²) in [7, 11) is -3.03. The van der Waals surface area contributed by atoms with Crippen LogP contribution in [-0.2, 0) is 21.1 Å². The van der Waals surface area contributed by atoms with Crippen LogP contribution in [0.3, 0.4) is 0 Å². The Kier molecular flexibility index (Phi) is 6.37. The van der Waals surface area contributed by atoms with Crippen molar-refractivity contribution in [1.29, 1.82) is 0 Å². The highest BCUT2D eigenvalue weighted by Crippen LogP contribution is 2.17. The Morgan fingerprint density at radius 2 is 1.95 bits per heavy atom. The molecular formula is C13H18O4S2. The van der Waals surface area contributed by atoms with E-state index >= 15 is 0 Å². The minimum absolute atomic E-state index is 0.0345. The Morgan fingerprint density at radius 1 is 1.32 bits per heavy atom. The maximum atomic E-state index is 11.3. The van der Waals surface area contributed by atoms with Crippen molar-refractivity contribution in [2.75, 3.05) is 17.3 Å². The van der Waals surface area contributed by atoms with Crippen molar-refractivity contribution in [1.82, 2.24) is 0 Å². The Hall–Kier alpha value is -1.01. The summed E-state index contributed by atoms with van der Waals surface area (Å²) >= 11 is 1.19. The third-order valence-corrected chi connectivity index (χ3v) is 5.87. The lowest BCUT2D eigenvalue weighted by atomic mass is 10.1. The van der Waals surface area contributed by atoms with Crippen LogP contribution in [0, 0.1) is 0 Å². The van der Waals surface area contributed by atoms with Crippen LogP contribution in [-0.4, -0.2) is 42.0 Å². The molecule has 106 valence electrons. The Balaban J connectivity index is 2.53. The fraction of sp³-hybridized carbons (Fsp3) is 0.462. The number of sulfone groups is 1. The maximum Gasteiger partial charge on any atom is 0.316 e. The number of carboxylic acids is 1. The second-order valence-electron chi connectivity index (χ2n) is 4.12. The van der Waals surface area contributed by atoms with Gasteiger partial charge in [0.05, 0.1) is 5.75 Å². The largest absolute Gasteiger partial charge is 0.480 e. The summed E-state index contributed by atoms with van der Waals surface area (Å²) in [6.07, 6.45) is 0.410. The van der Waals surface area contributed by atoms with Crippen molar-refractivity contribution < 1.29 is 18.3 Å². The first-order valence-electron chi connectivity index (χ1n) is 6.03. The topological polar surface area (TPSA) is 71.4 Å². The summed E-state index contributed by atoms with van der Waals surface area (Å²) in [5.41, 5.74) is 0.945. The van der Waals surface area contributed by atoms with Crippen LogP contribution in [0.15, 0.2) is 30.3 Å². The summed E-state index contributed by atoms with van der Waals surface area (Å²) in [4.78, 5) is 11.2. The van der Waals surface area contributed by atoms with Gasteiger partial charge in [-0.3, -0.25) is 4.79 Å². The van der Waals surface area contributed by atoms with Crippen LogP contribution in [0.25, 0.3) is 0 Å². The summed E-state index contributed by atoms with van der Waals surface area (Å²) in [5.74, 6) is -0.445. The van der Waals surface area contributed by atoms with Gasteiger partial charge in [0.15, 0.2) is 9.84 Å². The van der Waals surface area contributed by atoms with Crippen molar-refractivity contribution in [3.63, 3.8) is 0 Å². The molecule has 0 aliphatic rings. The lowest BCUT2D eigenvalue weighted by Crippen LogP contribution is -2.21. The predicted octanol–water partition coefficient (Wildman–Crippen LogP) is 1.85. The normalized spacial score (nSPS) is 13.1. The van der Waals surface area contributed by atoms with Gasteiger partial charge in [0.25, 0.3) is 0 Å². The zero-order valence-corrected chi connectivity index (χ0v) is 12.4. The van der Waals surface area contributed by atoms with Gasteiger partial charge in [-0.15, -0.1) is 11.8 Å². The van der Waals surface area contributed by atoms with E-state index in [-0.39, 0.29) is 11.5 Å². The summed E-state index contributed by atoms with van der Waals surface area (Å²) in [6, 6.07) is 9.35. The third kappa shape index (κ3) is 6.11. The molecule has 19 heavy (non-hydrogen) atoms. The van der Waals surface area contributed by atoms with Gasteiger partial charge in [0, 0.05) is 11.5 Å². The number of benzene rings is 1. The van der Waals surface area contributed by atoms with E-state index in [9.17, 15) is 13.2 Å². The quantitative estimate of drug-likeness (QED) is 0.793. The van der Waals surface area contributed by atoms with Gasteiger partial charge in [-0.05, 0) is 12.0 Å². The monoisotopic (exact) mass is 302 g/mol. The van der Waals surface area contributed by atoms with Crippen LogP contribution in [0.2, 0.25) is 0 Å². The molecule has 1 atom stereocenters. The van der Waals surface area contributed by atoms with E-state index < -0.39 is 21.1 Å². The van der Waals surface area contributed by atoms with E-state index in [2.05, 4.69) is 0 Å². The first-order valence-corrected chi connectivity index (χ1v) is 8.90. The number of thioether (sulfide) groups is 1. The smallest absolute Gasteiger partial charge is 0.316 e. The fourth-order valence-corrected chi connectivity index (χ4v) is 3.93. The molecule has 4 nitrogen and oxygen atoms in total. The molecule has 0 aliphatic carbocycles. The highest BCUT2D eigenvalue weighted by molar-refractivity contribution is 8.01. The average molecular weight is 302 g/mol. The van der Waals surface area contributed by atoms with E-state index in [0.29, 0.717) is 12.2 Å². The molecule has 1 aromatic rings. The number of rotatable bonds is 8. The summed E-state index contributed by atoms with van der Waals surface area (Å²) in [6.45, 7) is 1.60. The van der Waals surface area contributed by atoms with Gasteiger partial charge < -0.3 is 5.11 Å². The van der Waals surface area contributed by atoms with Gasteiger partial charge in [-0.25, -0.2) is 8.42 Å². The lowest BCUT2D eigenvalue weighted by molar-refractivity contribution is -0.136. The van der Waals surface area contributed by atoms with Gasteiger partial charge in [0.2, 0.25) is 0 Å². The minimum Gasteiger partial charge on any atom is -0.480 e. The van der Waals surface area contributed by atoms with Crippen LogP contribution < -0.4 is 0 Å². The molecule has 0 saturated carbocycles. The Morgan fingerprint density at radius 3 is 2.47 bits per heavy atom. The molecule has 0 heterocycles. The molecule has 0 spiro atoms. The molecule has 1 rings (SSSR count). The second-order valence-corrected chi connectivity index (χ2v) is 7.91. The molecule has 0 saturated heterocycles. The van der Waals surface area contributed by atoms with Gasteiger partial charge >= 0.3 is 5.97 Å². The zero-order chi connectivity index (χ0) is 14.3. The third-order valence-electron chi connectivity index (χ3n) is 2.69. The summed E-state index contributed by atoms with van der Waals surface area (Å²) < 4.78 is 22.7. The molecule has 1 unspecified atom stereocenters. The van der Waals surface area contributed by atoms with Crippen molar-refractivity contribution in [2.24, 2.45) is 0 Å². The van der Waals surface area contributed by atoms with E-state index in [1.165, 1.54) is 11.8 Å². The standard InChI is InChI=1S/C13H18O4S2/c1-2-19(16,17)9-8-18-12(13(14)15)10-11-6-4-3-5-7-11/h3-7,12H,2,8-10H2,1H3,(H,14,15). The number of carboxylic acid groups (broad SMARTS) is 1. The highest BCUT2D eigenvalue weighted by Gasteiger charge is 2.19. The lowest BCUT2D eigenvalue weighted by Gasteiger charge is -2.12. The molecule has 0 bridgehead atoms. The number of hydrogen-bond donors (Lipinski definition) is 1. The molecule has 0 radical (unpaired) electrons. The van der Waals surface area contributed by atoms with Crippen molar-refractivity contribution in [3.05, 3.63) is 35.9 Å². The first kappa shape index (κ1) is 16.0. The minimum atomic E-state index is -3.03. The highest BCUT2D eigenvalue weighted by atomic mass is 32.2. The first-order chi connectivity index (χ1) is 8.94. The van der Waals surface area contributed by atoms with Crippen molar-refractivity contribution >= 4 is 27.6 Å². The Labute approximate surface area is 118 Å². The van der Waals surface area contributed by atoms with Crippen LogP contribution in [0.1, 0.15) is 12.5 Å². The van der Waals surface area contributed by atoms with Crippen LogP contribution in [0.5, 0.6) is 0 Å². The molecule has 1 N–H and O–H groups in total. The molecular weight excluding hydrogens is 284 g/mol. The van der Waals surface area contributed by atoms with Gasteiger partial charge in [-0.2, -0.15) is 0 Å². The van der Waals surface area contributed by atoms with Crippen molar-refractivity contribution in [3.8, 4) is 0 Å². The number of hydrogen-bond acceptors (Lipinski definition) is 4. The zero-order valence-electron chi connectivity index (χ0n) is 10.8. The molecule has 0 amide bonds. The molecule has 0 aliphatic heterocycles. The van der Waals surface area contributed by atoms with Gasteiger partial charge in [0.1, 0.15) is 5.25 Å². The SMILES string of the molecule is CCS(=O)(=O)CCSC(Cc1ccccc1)C(=O)O. The van der Waals surface area contributed by atoms with Gasteiger partial charge in [-0.1, -0.05) is 37.3 Å². The number of aliphatic carboxylic acids is 1. The van der Waals surface area contributed by atoms with Crippen LogP contribution >= 0.6 is 11.8 Å². The second kappa shape index (κ2) is 7.55. The van der Waals surface area contributed by atoms with E-state index in [1.807, 2.05) is 30.3 Å². The average Bonchev–Trinajstić information content (AvgIpc) is 2.38. The van der Waals surface area contributed by atoms with E-state index in [0.717, 1.165) is 5.56 Å². The van der Waals surface area contributed by atoms with Crippen molar-refractivity contribution in [2.45, 2.75) is 18.6 Å². The summed E-state index contributed by atoms with van der Waals surface area (Å²) in [5, 5.41) is 8.55. The Bertz CT molecular complexity index is 497. The maximum absolute atomic E-state index is 11.3. The number of carbonyl (C=O) groups is 1. The molecule has 6 heteroatoms. The molecule has 1 aromatic carbocycles. The molecule has 0 aromatic heterocycles.